The summed E-state index contributed by atoms with van der Waals surface area (Å²) in [5, 5.41) is 22.0. The third-order valence-corrected chi connectivity index (χ3v) is 9.98. The second-order valence-electron chi connectivity index (χ2n) is 12.8. The maximum atomic E-state index is 11.9. The summed E-state index contributed by atoms with van der Waals surface area (Å²) in [6.45, 7) is 12.8. The van der Waals surface area contributed by atoms with E-state index in [0.29, 0.717) is 51.6 Å². The molecule has 1 N–H and O–H groups in total. The van der Waals surface area contributed by atoms with Crippen molar-refractivity contribution >= 4 is 24.9 Å². The van der Waals surface area contributed by atoms with Gasteiger partial charge in [-0.2, -0.15) is 14.9 Å². The van der Waals surface area contributed by atoms with Crippen molar-refractivity contribution in [3.8, 4) is 5.82 Å². The van der Waals surface area contributed by atoms with Gasteiger partial charge in [-0.3, -0.25) is 0 Å². The minimum atomic E-state index is -1.19. The fourth-order valence-corrected chi connectivity index (χ4v) is 6.47. The molecule has 6 rings (SSSR count). The Kier molecular flexibility index (Phi) is 8.21. The van der Waals surface area contributed by atoms with E-state index in [9.17, 15) is 5.11 Å². The van der Waals surface area contributed by atoms with E-state index in [1.54, 1.807) is 6.20 Å². The van der Waals surface area contributed by atoms with Gasteiger partial charge in [0.15, 0.2) is 11.5 Å². The molecule has 224 valence electrons. The van der Waals surface area contributed by atoms with Crippen molar-refractivity contribution in [1.82, 2.24) is 24.5 Å². The second kappa shape index (κ2) is 11.9. The van der Waals surface area contributed by atoms with Crippen LogP contribution in [0.15, 0.2) is 54.9 Å². The van der Waals surface area contributed by atoms with E-state index in [-0.39, 0.29) is 12.1 Å². The first-order valence-corrected chi connectivity index (χ1v) is 18.6. The van der Waals surface area contributed by atoms with E-state index < -0.39 is 13.7 Å². The number of hydrogen-bond donors (Lipinski definition) is 1. The zero-order valence-electron chi connectivity index (χ0n) is 25.1. The molecule has 0 spiro atoms. The molecule has 2 aliphatic rings. The van der Waals surface area contributed by atoms with E-state index in [0.717, 1.165) is 40.7 Å². The van der Waals surface area contributed by atoms with Crippen LogP contribution in [0.3, 0.4) is 0 Å². The first kappa shape index (κ1) is 29.0. The summed E-state index contributed by atoms with van der Waals surface area (Å²) in [5.41, 5.74) is 1.63. The van der Waals surface area contributed by atoms with E-state index in [1.165, 1.54) is 0 Å². The fraction of sp³-hybridized carbons (Fsp3) is 0.516. The molecule has 0 radical (unpaired) electrons. The van der Waals surface area contributed by atoms with Crippen LogP contribution in [0.1, 0.15) is 30.9 Å². The van der Waals surface area contributed by atoms with Crippen LogP contribution in [0.2, 0.25) is 25.7 Å². The summed E-state index contributed by atoms with van der Waals surface area (Å²) in [4.78, 5) is 7.37. The van der Waals surface area contributed by atoms with E-state index >= 15 is 0 Å². The van der Waals surface area contributed by atoms with Crippen LogP contribution < -0.4 is 4.90 Å². The van der Waals surface area contributed by atoms with E-state index in [1.807, 2.05) is 45.9 Å². The summed E-state index contributed by atoms with van der Waals surface area (Å²) in [5.74, 6) is 1.59. The van der Waals surface area contributed by atoms with Crippen LogP contribution in [-0.2, 0) is 33.1 Å². The molecule has 1 aliphatic carbocycles. The van der Waals surface area contributed by atoms with Crippen molar-refractivity contribution in [2.75, 3.05) is 31.3 Å². The van der Waals surface area contributed by atoms with Crippen molar-refractivity contribution in [3.63, 3.8) is 0 Å². The maximum Gasteiger partial charge on any atom is 0.167 e. The Morgan fingerprint density at radius 3 is 2.69 bits per heavy atom. The summed E-state index contributed by atoms with van der Waals surface area (Å²) >= 11 is 0. The van der Waals surface area contributed by atoms with Gasteiger partial charge in [-0.25, -0.2) is 9.67 Å². The van der Waals surface area contributed by atoms with Crippen LogP contribution in [0.4, 0.5) is 5.82 Å². The minimum absolute atomic E-state index is 0.0195. The van der Waals surface area contributed by atoms with Gasteiger partial charge in [0.2, 0.25) is 0 Å². The number of aromatic nitrogens is 5. The zero-order chi connectivity index (χ0) is 29.3. The number of benzene rings is 1. The highest BCUT2D eigenvalue weighted by atomic mass is 28.3. The van der Waals surface area contributed by atoms with Crippen LogP contribution >= 0.6 is 0 Å². The fourth-order valence-electron chi connectivity index (χ4n) is 5.71. The molecule has 0 bridgehead atoms. The number of anilines is 1. The highest BCUT2D eigenvalue weighted by Crippen LogP contribution is 2.46. The minimum Gasteiger partial charge on any atom is -0.385 e. The summed E-state index contributed by atoms with van der Waals surface area (Å²) in [7, 11) is -1.19. The molecule has 4 aromatic rings. The Labute approximate surface area is 248 Å². The number of rotatable bonds is 11. The number of aliphatic hydroxyl groups is 1. The van der Waals surface area contributed by atoms with Gasteiger partial charge in [-0.1, -0.05) is 50.0 Å². The van der Waals surface area contributed by atoms with Crippen LogP contribution in [-0.4, -0.2) is 76.2 Å². The van der Waals surface area contributed by atoms with Gasteiger partial charge in [0.25, 0.3) is 0 Å². The molecule has 2 fully saturated rings. The molecule has 3 aromatic heterocycles. The number of hydrogen-bond acceptors (Lipinski definition) is 8. The summed E-state index contributed by atoms with van der Waals surface area (Å²) < 4.78 is 21.5. The summed E-state index contributed by atoms with van der Waals surface area (Å²) in [6.07, 6.45) is 4.59. The van der Waals surface area contributed by atoms with Crippen molar-refractivity contribution in [2.45, 2.75) is 76.5 Å². The maximum absolute atomic E-state index is 11.9. The van der Waals surface area contributed by atoms with E-state index in [4.69, 9.17) is 24.3 Å². The number of nitrogens with zero attached hydrogens (tertiary/aromatic N) is 6. The molecular formula is C31H42N6O4Si. The topological polar surface area (TPSA) is 99.7 Å². The third-order valence-electron chi connectivity index (χ3n) is 8.27. The molecule has 0 amide bonds. The first-order valence-electron chi connectivity index (χ1n) is 14.9. The highest BCUT2D eigenvalue weighted by Gasteiger charge is 2.46. The highest BCUT2D eigenvalue weighted by molar-refractivity contribution is 6.76. The Morgan fingerprint density at radius 1 is 1.12 bits per heavy atom. The van der Waals surface area contributed by atoms with Crippen molar-refractivity contribution < 1.29 is 19.3 Å². The predicted octanol–water partition coefficient (Wildman–Crippen LogP) is 4.72. The molecule has 1 saturated carbocycles. The molecule has 1 saturated heterocycles. The smallest absolute Gasteiger partial charge is 0.167 e. The molecule has 4 heterocycles. The molecule has 0 unspecified atom stereocenters. The standard InChI is InChI=1S/C31H42N6O4Si/c1-23-20-39-13-12-35(23)28-16-27(31(38)17-25(18-31)41-21-24-8-6-5-7-9-24)26-19-33-37(30(26)34-28)29-10-11-32-36(29)22-40-14-15-42(2,3)4/h5-11,16,19,23,25,38H,12-15,17-18,20-22H2,1-4H3/t23-,25?,31?/m1/s1. The first-order chi connectivity index (χ1) is 20.2. The summed E-state index contributed by atoms with van der Waals surface area (Å²) in [6, 6.07) is 15.4. The molecule has 10 nitrogen and oxygen atoms in total. The van der Waals surface area contributed by atoms with Gasteiger partial charge < -0.3 is 24.2 Å². The molecule has 1 aromatic carbocycles. The lowest BCUT2D eigenvalue weighted by Gasteiger charge is -2.44. The predicted molar refractivity (Wildman–Crippen MR) is 165 cm³/mol. The zero-order valence-corrected chi connectivity index (χ0v) is 26.1. The lowest BCUT2D eigenvalue weighted by atomic mass is 9.72. The van der Waals surface area contributed by atoms with Crippen LogP contribution in [0.25, 0.3) is 16.9 Å². The Hall–Kier alpha value is -3.09. The van der Waals surface area contributed by atoms with Gasteiger partial charge in [0.1, 0.15) is 12.5 Å². The van der Waals surface area contributed by atoms with Crippen molar-refractivity contribution in [3.05, 3.63) is 66.0 Å². The molecule has 11 heteroatoms. The number of morpholine rings is 1. The number of pyridine rings is 1. The molecule has 1 atom stereocenters. The Morgan fingerprint density at radius 2 is 1.93 bits per heavy atom. The molecule has 42 heavy (non-hydrogen) atoms. The lowest BCUT2D eigenvalue weighted by Crippen LogP contribution is -2.47. The third kappa shape index (κ3) is 6.16. The monoisotopic (exact) mass is 590 g/mol. The van der Waals surface area contributed by atoms with Crippen molar-refractivity contribution in [1.29, 1.82) is 0 Å². The molecule has 1 aliphatic heterocycles. The second-order valence-corrected chi connectivity index (χ2v) is 18.5. The number of fused-ring (bicyclic) bond motifs is 1. The van der Waals surface area contributed by atoms with Gasteiger partial charge in [0, 0.05) is 45.5 Å². The van der Waals surface area contributed by atoms with Gasteiger partial charge in [-0.05, 0) is 30.2 Å². The lowest BCUT2D eigenvalue weighted by molar-refractivity contribution is -0.148. The van der Waals surface area contributed by atoms with E-state index in [2.05, 4.69) is 48.7 Å². The Bertz CT molecular complexity index is 1490. The normalized spacial score (nSPS) is 22.9. The average Bonchev–Trinajstić information content (AvgIpc) is 3.59. The van der Waals surface area contributed by atoms with Gasteiger partial charge in [-0.15, -0.1) is 0 Å². The quantitative estimate of drug-likeness (QED) is 0.198. The average molecular weight is 591 g/mol. The van der Waals surface area contributed by atoms with Crippen LogP contribution in [0, 0.1) is 0 Å². The SMILES string of the molecule is C[C@@H]1COCCN1c1cc(C2(O)CC(OCc3ccccc3)C2)c2cnn(-c3ccnn3COCC[Si](C)(C)C)c2n1. The van der Waals surface area contributed by atoms with Crippen LogP contribution in [0.5, 0.6) is 0 Å². The van der Waals surface area contributed by atoms with Gasteiger partial charge >= 0.3 is 0 Å². The number of ether oxygens (including phenoxy) is 3. The largest absolute Gasteiger partial charge is 0.385 e. The van der Waals surface area contributed by atoms with Crippen molar-refractivity contribution in [2.24, 2.45) is 0 Å². The Balaban J connectivity index is 1.29. The molecular weight excluding hydrogens is 548 g/mol. The van der Waals surface area contributed by atoms with Gasteiger partial charge in [0.05, 0.1) is 50.0 Å².